The van der Waals surface area contributed by atoms with Crippen LogP contribution in [0.1, 0.15) is 18.9 Å². The van der Waals surface area contributed by atoms with Crippen LogP contribution in [0.3, 0.4) is 0 Å². The Bertz CT molecular complexity index is 415. The summed E-state index contributed by atoms with van der Waals surface area (Å²) in [6, 6.07) is 9.25. The lowest BCUT2D eigenvalue weighted by atomic mass is 10.1. The van der Waals surface area contributed by atoms with E-state index in [0.29, 0.717) is 12.1 Å². The van der Waals surface area contributed by atoms with Gasteiger partial charge in [-0.3, -0.25) is 4.90 Å². The van der Waals surface area contributed by atoms with Gasteiger partial charge in [0.25, 0.3) is 0 Å². The predicted molar refractivity (Wildman–Crippen MR) is 80.0 cm³/mol. The smallest absolute Gasteiger partial charge is 0.0748 e. The molecule has 0 bridgehead atoms. The van der Waals surface area contributed by atoms with Crippen molar-refractivity contribution < 1.29 is 9.47 Å². The van der Waals surface area contributed by atoms with Crippen molar-refractivity contribution in [1.29, 1.82) is 0 Å². The molecule has 0 saturated carbocycles. The highest BCUT2D eigenvalue weighted by molar-refractivity contribution is 5.45. The molecular weight excluding hydrogens is 252 g/mol. The van der Waals surface area contributed by atoms with E-state index in [0.717, 1.165) is 45.9 Å². The maximum atomic E-state index is 5.58. The van der Waals surface area contributed by atoms with Crippen molar-refractivity contribution in [3.63, 3.8) is 0 Å². The van der Waals surface area contributed by atoms with Crippen molar-refractivity contribution in [2.24, 2.45) is 0 Å². The Labute approximate surface area is 121 Å². The Morgan fingerprint density at radius 1 is 1.15 bits per heavy atom. The summed E-state index contributed by atoms with van der Waals surface area (Å²) in [7, 11) is 0. The lowest BCUT2D eigenvalue weighted by molar-refractivity contribution is 0.0342. The summed E-state index contributed by atoms with van der Waals surface area (Å²) in [5.74, 6) is 0. The Balaban J connectivity index is 1.54. The molecule has 20 heavy (non-hydrogen) atoms. The summed E-state index contributed by atoms with van der Waals surface area (Å²) in [5, 5.41) is 3.56. The van der Waals surface area contributed by atoms with Gasteiger partial charge in [-0.05, 0) is 31.0 Å². The van der Waals surface area contributed by atoms with E-state index in [9.17, 15) is 0 Å². The van der Waals surface area contributed by atoms with Crippen LogP contribution in [0.15, 0.2) is 24.3 Å². The number of benzene rings is 1. The van der Waals surface area contributed by atoms with E-state index in [-0.39, 0.29) is 0 Å². The molecule has 2 aliphatic heterocycles. The molecule has 4 heteroatoms. The molecule has 2 aliphatic rings. The number of morpholine rings is 1. The Hall–Kier alpha value is -1.10. The standard InChI is InChI=1S/C16H24N2O2/c1-13-16(6-9-20-13)17-15-4-2-14(3-5-15)12-18-7-10-19-11-8-18/h2-5,13,16-17H,6-12H2,1H3. The first-order valence-electron chi connectivity index (χ1n) is 7.58. The van der Waals surface area contributed by atoms with Crippen LogP contribution >= 0.6 is 0 Å². The molecule has 2 atom stereocenters. The summed E-state index contributed by atoms with van der Waals surface area (Å²) in [4.78, 5) is 2.44. The van der Waals surface area contributed by atoms with Crippen LogP contribution < -0.4 is 5.32 Å². The largest absolute Gasteiger partial charge is 0.380 e. The molecule has 4 nitrogen and oxygen atoms in total. The zero-order valence-corrected chi connectivity index (χ0v) is 12.2. The second-order valence-corrected chi connectivity index (χ2v) is 5.70. The average Bonchev–Trinajstić information content (AvgIpc) is 2.88. The molecule has 3 rings (SSSR count). The molecule has 2 fully saturated rings. The first-order valence-corrected chi connectivity index (χ1v) is 7.58. The Kier molecular flexibility index (Phi) is 4.55. The van der Waals surface area contributed by atoms with E-state index in [4.69, 9.17) is 9.47 Å². The van der Waals surface area contributed by atoms with E-state index in [1.165, 1.54) is 11.3 Å². The molecule has 2 heterocycles. The van der Waals surface area contributed by atoms with Crippen LogP contribution in [0.25, 0.3) is 0 Å². The van der Waals surface area contributed by atoms with E-state index in [1.54, 1.807) is 0 Å². The van der Waals surface area contributed by atoms with Crippen LogP contribution in [-0.2, 0) is 16.0 Å². The van der Waals surface area contributed by atoms with Gasteiger partial charge in [-0.1, -0.05) is 12.1 Å². The average molecular weight is 276 g/mol. The highest BCUT2D eigenvalue weighted by Gasteiger charge is 2.23. The molecule has 1 aromatic carbocycles. The normalized spacial score (nSPS) is 27.6. The fraction of sp³-hybridized carbons (Fsp3) is 0.625. The van der Waals surface area contributed by atoms with Crippen molar-refractivity contribution in [3.8, 4) is 0 Å². The molecule has 1 aromatic rings. The summed E-state index contributed by atoms with van der Waals surface area (Å²) in [5.41, 5.74) is 2.56. The van der Waals surface area contributed by atoms with Crippen LogP contribution in [0.4, 0.5) is 5.69 Å². The lowest BCUT2D eigenvalue weighted by Crippen LogP contribution is -2.35. The molecule has 2 saturated heterocycles. The molecule has 0 radical (unpaired) electrons. The molecule has 0 spiro atoms. The third-order valence-electron chi connectivity index (χ3n) is 4.19. The molecule has 2 unspecified atom stereocenters. The summed E-state index contributed by atoms with van der Waals surface area (Å²) >= 11 is 0. The minimum absolute atomic E-state index is 0.308. The zero-order valence-electron chi connectivity index (χ0n) is 12.2. The van der Waals surface area contributed by atoms with Gasteiger partial charge in [0.15, 0.2) is 0 Å². The van der Waals surface area contributed by atoms with Crippen LogP contribution in [0.5, 0.6) is 0 Å². The Morgan fingerprint density at radius 2 is 1.90 bits per heavy atom. The predicted octanol–water partition coefficient (Wildman–Crippen LogP) is 2.11. The number of nitrogens with zero attached hydrogens (tertiary/aromatic N) is 1. The third kappa shape index (κ3) is 3.51. The minimum atomic E-state index is 0.308. The molecule has 1 N–H and O–H groups in total. The number of ether oxygens (including phenoxy) is 2. The van der Waals surface area contributed by atoms with Crippen molar-refractivity contribution >= 4 is 5.69 Å². The molecule has 0 aliphatic carbocycles. The van der Waals surface area contributed by atoms with Crippen molar-refractivity contribution in [2.75, 3.05) is 38.2 Å². The van der Waals surface area contributed by atoms with Gasteiger partial charge in [0, 0.05) is 31.9 Å². The number of nitrogens with one attached hydrogen (secondary N) is 1. The quantitative estimate of drug-likeness (QED) is 0.913. The summed E-state index contributed by atoms with van der Waals surface area (Å²) in [6.07, 6.45) is 1.40. The van der Waals surface area contributed by atoms with Gasteiger partial charge < -0.3 is 14.8 Å². The van der Waals surface area contributed by atoms with Gasteiger partial charge in [-0.15, -0.1) is 0 Å². The van der Waals surface area contributed by atoms with E-state index in [2.05, 4.69) is 41.4 Å². The Morgan fingerprint density at radius 3 is 2.55 bits per heavy atom. The van der Waals surface area contributed by atoms with Gasteiger partial charge >= 0.3 is 0 Å². The van der Waals surface area contributed by atoms with Crippen LogP contribution in [0, 0.1) is 0 Å². The van der Waals surface area contributed by atoms with E-state index in [1.807, 2.05) is 0 Å². The minimum Gasteiger partial charge on any atom is -0.380 e. The number of rotatable bonds is 4. The van der Waals surface area contributed by atoms with Gasteiger partial charge in [0.2, 0.25) is 0 Å². The van der Waals surface area contributed by atoms with E-state index < -0.39 is 0 Å². The molecule has 0 amide bonds. The monoisotopic (exact) mass is 276 g/mol. The first kappa shape index (κ1) is 13.9. The molecule has 110 valence electrons. The topological polar surface area (TPSA) is 33.7 Å². The SMILES string of the molecule is CC1OCCC1Nc1ccc(CN2CCOCC2)cc1. The fourth-order valence-electron chi connectivity index (χ4n) is 2.86. The van der Waals surface area contributed by atoms with Gasteiger partial charge in [-0.2, -0.15) is 0 Å². The highest BCUT2D eigenvalue weighted by atomic mass is 16.5. The third-order valence-corrected chi connectivity index (χ3v) is 4.19. The van der Waals surface area contributed by atoms with Crippen molar-refractivity contribution in [2.45, 2.75) is 32.0 Å². The van der Waals surface area contributed by atoms with Gasteiger partial charge in [-0.25, -0.2) is 0 Å². The van der Waals surface area contributed by atoms with Gasteiger partial charge in [0.1, 0.15) is 0 Å². The zero-order chi connectivity index (χ0) is 13.8. The molecule has 0 aromatic heterocycles. The molecular formula is C16H24N2O2. The van der Waals surface area contributed by atoms with E-state index >= 15 is 0 Å². The highest BCUT2D eigenvalue weighted by Crippen LogP contribution is 2.19. The van der Waals surface area contributed by atoms with Crippen LogP contribution in [-0.4, -0.2) is 50.0 Å². The number of hydrogen-bond donors (Lipinski definition) is 1. The maximum absolute atomic E-state index is 5.58. The first-order chi connectivity index (χ1) is 9.81. The fourth-order valence-corrected chi connectivity index (χ4v) is 2.86. The maximum Gasteiger partial charge on any atom is 0.0748 e. The summed E-state index contributed by atoms with van der Waals surface area (Å²) in [6.45, 7) is 7.82. The van der Waals surface area contributed by atoms with Crippen LogP contribution in [0.2, 0.25) is 0 Å². The second kappa shape index (κ2) is 6.57. The van der Waals surface area contributed by atoms with Crippen molar-refractivity contribution in [3.05, 3.63) is 29.8 Å². The second-order valence-electron chi connectivity index (χ2n) is 5.70. The van der Waals surface area contributed by atoms with Gasteiger partial charge in [0.05, 0.1) is 25.4 Å². The number of anilines is 1. The summed E-state index contributed by atoms with van der Waals surface area (Å²) < 4.78 is 11.0. The lowest BCUT2D eigenvalue weighted by Gasteiger charge is -2.26. The van der Waals surface area contributed by atoms with Crippen molar-refractivity contribution in [1.82, 2.24) is 4.90 Å². The number of hydrogen-bond acceptors (Lipinski definition) is 4.